The van der Waals surface area contributed by atoms with Gasteiger partial charge in [0, 0.05) is 24.3 Å². The predicted molar refractivity (Wildman–Crippen MR) is 118 cm³/mol. The van der Waals surface area contributed by atoms with Gasteiger partial charge >= 0.3 is 6.03 Å². The predicted octanol–water partition coefficient (Wildman–Crippen LogP) is 3.00. The molecular formula is C21H26N4O5S. The standard InChI is InChI=1S/C21H26N4O5S/c1-2-30-19-11-6-15(20(26)25-12-4-3-5-13-25)14-18(19)24-21(27)23-16-7-9-17(10-8-16)31(22,28)29/h6-11,14H,2-5,12-13H2,1H3,(H2,22,28,29)(H2,23,24,27). The van der Waals surface area contributed by atoms with Crippen LogP contribution in [0.15, 0.2) is 47.4 Å². The molecule has 3 rings (SSSR count). The molecule has 0 unspecified atom stereocenters. The molecule has 1 aliphatic heterocycles. The Kier molecular flexibility index (Phi) is 7.13. The maximum Gasteiger partial charge on any atom is 0.323 e. The monoisotopic (exact) mass is 446 g/mol. The van der Waals surface area contributed by atoms with E-state index in [2.05, 4.69) is 10.6 Å². The Hall–Kier alpha value is -3.11. The molecule has 4 N–H and O–H groups in total. The molecule has 10 heteroatoms. The van der Waals surface area contributed by atoms with Crippen molar-refractivity contribution in [2.24, 2.45) is 5.14 Å². The number of nitrogens with one attached hydrogen (secondary N) is 2. The largest absolute Gasteiger partial charge is 0.492 e. The minimum Gasteiger partial charge on any atom is -0.492 e. The van der Waals surface area contributed by atoms with Gasteiger partial charge in [-0.2, -0.15) is 0 Å². The van der Waals surface area contributed by atoms with E-state index < -0.39 is 16.1 Å². The lowest BCUT2D eigenvalue weighted by molar-refractivity contribution is 0.0724. The Morgan fingerprint density at radius 1 is 1.03 bits per heavy atom. The highest BCUT2D eigenvalue weighted by atomic mass is 32.2. The first-order valence-corrected chi connectivity index (χ1v) is 11.6. The highest BCUT2D eigenvalue weighted by Gasteiger charge is 2.20. The normalized spacial score (nSPS) is 14.1. The van der Waals surface area contributed by atoms with Crippen molar-refractivity contribution in [3.8, 4) is 5.75 Å². The van der Waals surface area contributed by atoms with Crippen LogP contribution in [0, 0.1) is 0 Å². The van der Waals surface area contributed by atoms with Crippen LogP contribution in [0.4, 0.5) is 16.2 Å². The van der Waals surface area contributed by atoms with Crippen LogP contribution in [-0.2, 0) is 10.0 Å². The van der Waals surface area contributed by atoms with Gasteiger partial charge < -0.3 is 20.3 Å². The van der Waals surface area contributed by atoms with Crippen molar-refractivity contribution in [2.75, 3.05) is 30.3 Å². The van der Waals surface area contributed by atoms with Crippen LogP contribution in [0.3, 0.4) is 0 Å². The number of benzene rings is 2. The number of urea groups is 1. The Bertz CT molecular complexity index is 1050. The van der Waals surface area contributed by atoms with E-state index in [1.807, 2.05) is 11.8 Å². The third-order valence-corrected chi connectivity index (χ3v) is 5.79. The van der Waals surface area contributed by atoms with Gasteiger partial charge in [-0.25, -0.2) is 18.4 Å². The summed E-state index contributed by atoms with van der Waals surface area (Å²) in [5.74, 6) is 0.363. The summed E-state index contributed by atoms with van der Waals surface area (Å²) in [6.45, 7) is 3.67. The van der Waals surface area contributed by atoms with Crippen molar-refractivity contribution < 1.29 is 22.7 Å². The summed E-state index contributed by atoms with van der Waals surface area (Å²) in [5.41, 5.74) is 1.21. The number of amides is 3. The second-order valence-electron chi connectivity index (χ2n) is 7.15. The van der Waals surface area contributed by atoms with E-state index in [1.54, 1.807) is 18.2 Å². The van der Waals surface area contributed by atoms with E-state index in [9.17, 15) is 18.0 Å². The summed E-state index contributed by atoms with van der Waals surface area (Å²) >= 11 is 0. The Labute approximate surface area is 181 Å². The number of primary sulfonamides is 1. The van der Waals surface area contributed by atoms with Crippen molar-refractivity contribution in [3.63, 3.8) is 0 Å². The molecule has 0 saturated carbocycles. The number of sulfonamides is 1. The molecule has 1 heterocycles. The zero-order valence-corrected chi connectivity index (χ0v) is 18.1. The van der Waals surface area contributed by atoms with Gasteiger partial charge in [0.1, 0.15) is 5.75 Å². The van der Waals surface area contributed by atoms with E-state index >= 15 is 0 Å². The van der Waals surface area contributed by atoms with Crippen molar-refractivity contribution in [2.45, 2.75) is 31.1 Å². The number of carbonyl (C=O) groups excluding carboxylic acids is 2. The number of carbonyl (C=O) groups is 2. The van der Waals surface area contributed by atoms with Gasteiger partial charge in [-0.1, -0.05) is 0 Å². The topological polar surface area (TPSA) is 131 Å². The minimum atomic E-state index is -3.81. The lowest BCUT2D eigenvalue weighted by Gasteiger charge is -2.27. The number of anilines is 2. The van der Waals surface area contributed by atoms with Crippen LogP contribution in [0.25, 0.3) is 0 Å². The maximum atomic E-state index is 12.8. The van der Waals surface area contributed by atoms with Gasteiger partial charge in [-0.3, -0.25) is 4.79 Å². The van der Waals surface area contributed by atoms with E-state index in [4.69, 9.17) is 9.88 Å². The SMILES string of the molecule is CCOc1ccc(C(=O)N2CCCCC2)cc1NC(=O)Nc1ccc(S(N)(=O)=O)cc1. The van der Waals surface area contributed by atoms with Crippen LogP contribution in [-0.4, -0.2) is 45.0 Å². The maximum absolute atomic E-state index is 12.8. The molecule has 0 atom stereocenters. The van der Waals surface area contributed by atoms with Gasteiger partial charge in [0.15, 0.2) is 0 Å². The van der Waals surface area contributed by atoms with E-state index in [-0.39, 0.29) is 10.8 Å². The first-order valence-electron chi connectivity index (χ1n) is 10.0. The number of nitrogens with zero attached hydrogens (tertiary/aromatic N) is 1. The number of ether oxygens (including phenoxy) is 1. The molecule has 166 valence electrons. The number of piperidine rings is 1. The highest BCUT2D eigenvalue weighted by molar-refractivity contribution is 7.89. The van der Waals surface area contributed by atoms with Crippen molar-refractivity contribution in [1.82, 2.24) is 4.90 Å². The Morgan fingerprint density at radius 3 is 2.32 bits per heavy atom. The van der Waals surface area contributed by atoms with Crippen LogP contribution >= 0.6 is 0 Å². The van der Waals surface area contributed by atoms with Gasteiger partial charge in [0.2, 0.25) is 10.0 Å². The molecule has 2 aromatic rings. The van der Waals surface area contributed by atoms with E-state index in [0.29, 0.717) is 29.3 Å². The lowest BCUT2D eigenvalue weighted by atomic mass is 10.1. The summed E-state index contributed by atoms with van der Waals surface area (Å²) in [5, 5.41) is 10.4. The molecule has 0 aromatic heterocycles. The highest BCUT2D eigenvalue weighted by Crippen LogP contribution is 2.27. The zero-order chi connectivity index (χ0) is 22.4. The number of hydrogen-bond donors (Lipinski definition) is 3. The van der Waals surface area contributed by atoms with Crippen LogP contribution in [0.1, 0.15) is 36.5 Å². The third-order valence-electron chi connectivity index (χ3n) is 4.86. The quantitative estimate of drug-likeness (QED) is 0.628. The van der Waals surface area contributed by atoms with Crippen molar-refractivity contribution in [3.05, 3.63) is 48.0 Å². The molecule has 0 bridgehead atoms. The smallest absolute Gasteiger partial charge is 0.323 e. The molecule has 1 saturated heterocycles. The van der Waals surface area contributed by atoms with Gasteiger partial charge in [0.25, 0.3) is 5.91 Å². The first-order chi connectivity index (χ1) is 14.8. The van der Waals surface area contributed by atoms with Gasteiger partial charge in [-0.05, 0) is 68.7 Å². The molecule has 1 aliphatic rings. The fourth-order valence-corrected chi connectivity index (χ4v) is 3.85. The Balaban J connectivity index is 1.75. The first kappa shape index (κ1) is 22.6. The molecule has 0 radical (unpaired) electrons. The molecule has 1 fully saturated rings. The Morgan fingerprint density at radius 2 is 1.71 bits per heavy atom. The molecule has 0 spiro atoms. The summed E-state index contributed by atoms with van der Waals surface area (Å²) in [7, 11) is -3.81. The second kappa shape index (κ2) is 9.80. The fourth-order valence-electron chi connectivity index (χ4n) is 3.33. The van der Waals surface area contributed by atoms with Gasteiger partial charge in [0.05, 0.1) is 17.2 Å². The lowest BCUT2D eigenvalue weighted by Crippen LogP contribution is -2.35. The molecule has 9 nitrogen and oxygen atoms in total. The minimum absolute atomic E-state index is 0.0546. The molecule has 0 aliphatic carbocycles. The number of hydrogen-bond acceptors (Lipinski definition) is 5. The van der Waals surface area contributed by atoms with Crippen molar-refractivity contribution in [1.29, 1.82) is 0 Å². The zero-order valence-electron chi connectivity index (χ0n) is 17.3. The summed E-state index contributed by atoms with van der Waals surface area (Å²) in [6.07, 6.45) is 3.10. The van der Waals surface area contributed by atoms with Crippen LogP contribution in [0.5, 0.6) is 5.75 Å². The fraction of sp³-hybridized carbons (Fsp3) is 0.333. The third kappa shape index (κ3) is 5.96. The number of rotatable bonds is 6. The average molecular weight is 447 g/mol. The number of nitrogens with two attached hydrogens (primary N) is 1. The van der Waals surface area contributed by atoms with E-state index in [1.165, 1.54) is 24.3 Å². The molecule has 2 aromatic carbocycles. The molecule has 31 heavy (non-hydrogen) atoms. The van der Waals surface area contributed by atoms with Crippen molar-refractivity contribution >= 4 is 33.3 Å². The number of likely N-dealkylation sites (tertiary alicyclic amines) is 1. The second-order valence-corrected chi connectivity index (χ2v) is 8.71. The van der Waals surface area contributed by atoms with Gasteiger partial charge in [-0.15, -0.1) is 0 Å². The molecular weight excluding hydrogens is 420 g/mol. The van der Waals surface area contributed by atoms with Crippen LogP contribution in [0.2, 0.25) is 0 Å². The molecule has 3 amide bonds. The average Bonchev–Trinajstić information content (AvgIpc) is 2.75. The van der Waals surface area contributed by atoms with Crippen LogP contribution < -0.4 is 20.5 Å². The summed E-state index contributed by atoms with van der Waals surface area (Å²) in [6, 6.07) is 9.85. The van der Waals surface area contributed by atoms with E-state index in [0.717, 1.165) is 32.4 Å². The summed E-state index contributed by atoms with van der Waals surface area (Å²) < 4.78 is 28.3. The summed E-state index contributed by atoms with van der Waals surface area (Å²) in [4.78, 5) is 27.1.